The second kappa shape index (κ2) is 14.2. The van der Waals surface area contributed by atoms with E-state index in [-0.39, 0.29) is 5.79 Å². The Hall–Kier alpha value is -0.860. The van der Waals surface area contributed by atoms with Crippen LogP contribution in [0.4, 0.5) is 0 Å². The Balaban J connectivity index is 2.18. The van der Waals surface area contributed by atoms with Crippen LogP contribution in [0.2, 0.25) is 0 Å². The van der Waals surface area contributed by atoms with Crippen LogP contribution in [0.15, 0.2) is 34.9 Å². The first-order chi connectivity index (χ1) is 13.3. The Morgan fingerprint density at radius 2 is 1.32 bits per heavy atom. The molecule has 28 heavy (non-hydrogen) atoms. The lowest BCUT2D eigenvalue weighted by Crippen LogP contribution is -2.37. The number of rotatable bonds is 13. The minimum Gasteiger partial charge on any atom is -0.350 e. The molecule has 1 heterocycles. The molecule has 0 bridgehead atoms. The van der Waals surface area contributed by atoms with Crippen LogP contribution in [0.25, 0.3) is 0 Å². The molecule has 0 N–H and O–H groups in total. The van der Waals surface area contributed by atoms with E-state index in [1.807, 2.05) is 0 Å². The molecule has 0 aromatic carbocycles. The van der Waals surface area contributed by atoms with Gasteiger partial charge in [-0.15, -0.1) is 0 Å². The van der Waals surface area contributed by atoms with E-state index in [2.05, 4.69) is 59.8 Å². The zero-order valence-corrected chi connectivity index (χ0v) is 19.6. The molecule has 2 heteroatoms. The largest absolute Gasteiger partial charge is 0.350 e. The first kappa shape index (κ1) is 25.2. The van der Waals surface area contributed by atoms with Crippen molar-refractivity contribution in [3.8, 4) is 0 Å². The summed E-state index contributed by atoms with van der Waals surface area (Å²) in [5, 5.41) is 0. The number of hydrogen-bond acceptors (Lipinski definition) is 2. The Morgan fingerprint density at radius 1 is 0.821 bits per heavy atom. The minimum absolute atomic E-state index is 0.369. The third-order valence-electron chi connectivity index (χ3n) is 5.61. The second-order valence-electron chi connectivity index (χ2n) is 9.24. The predicted octanol–water partition coefficient (Wildman–Crippen LogP) is 8.15. The summed E-state index contributed by atoms with van der Waals surface area (Å²) in [5.41, 5.74) is 4.56. The van der Waals surface area contributed by atoms with E-state index in [4.69, 9.17) is 9.47 Å². The van der Waals surface area contributed by atoms with Crippen molar-refractivity contribution in [2.75, 3.05) is 13.2 Å². The zero-order valence-electron chi connectivity index (χ0n) is 19.6. The number of hydrogen-bond donors (Lipinski definition) is 0. The van der Waals surface area contributed by atoms with Gasteiger partial charge >= 0.3 is 0 Å². The van der Waals surface area contributed by atoms with Gasteiger partial charge in [-0.1, -0.05) is 55.2 Å². The molecule has 0 aromatic heterocycles. The maximum absolute atomic E-state index is 5.78. The fraction of sp³-hybridized carbons (Fsp3) is 0.769. The van der Waals surface area contributed by atoms with E-state index in [0.29, 0.717) is 0 Å². The summed E-state index contributed by atoms with van der Waals surface area (Å²) in [4.78, 5) is 0. The quantitative estimate of drug-likeness (QED) is 0.295. The van der Waals surface area contributed by atoms with Gasteiger partial charge in [-0.2, -0.15) is 0 Å². The topological polar surface area (TPSA) is 18.5 Å². The van der Waals surface area contributed by atoms with Crippen LogP contribution in [-0.2, 0) is 9.47 Å². The van der Waals surface area contributed by atoms with Crippen LogP contribution in [0, 0.1) is 5.92 Å². The van der Waals surface area contributed by atoms with Crippen molar-refractivity contribution in [1.82, 2.24) is 0 Å². The molecular formula is C26H46O2. The van der Waals surface area contributed by atoms with E-state index in [1.165, 1.54) is 43.3 Å². The highest BCUT2D eigenvalue weighted by Gasteiger charge is 2.27. The Bertz CT molecular complexity index is 505. The van der Waals surface area contributed by atoms with Crippen LogP contribution in [-0.4, -0.2) is 19.0 Å². The molecule has 0 aliphatic carbocycles. The lowest BCUT2D eigenvalue weighted by Gasteiger charge is -2.33. The molecule has 162 valence electrons. The average Bonchev–Trinajstić information content (AvgIpc) is 2.62. The molecule has 0 aromatic rings. The van der Waals surface area contributed by atoms with Crippen LogP contribution in [0.5, 0.6) is 0 Å². The third-order valence-corrected chi connectivity index (χ3v) is 5.61. The van der Waals surface area contributed by atoms with Crippen molar-refractivity contribution in [3.63, 3.8) is 0 Å². The minimum atomic E-state index is -0.369. The summed E-state index contributed by atoms with van der Waals surface area (Å²) in [7, 11) is 0. The van der Waals surface area contributed by atoms with E-state index >= 15 is 0 Å². The first-order valence-corrected chi connectivity index (χ1v) is 11.6. The summed E-state index contributed by atoms with van der Waals surface area (Å²) in [5.74, 6) is 0.457. The van der Waals surface area contributed by atoms with Crippen molar-refractivity contribution < 1.29 is 9.47 Å². The van der Waals surface area contributed by atoms with Crippen molar-refractivity contribution in [3.05, 3.63) is 34.9 Å². The maximum Gasteiger partial charge on any atom is 0.165 e. The van der Waals surface area contributed by atoms with E-state index in [9.17, 15) is 0 Å². The molecule has 1 fully saturated rings. The molecule has 1 rings (SSSR count). The van der Waals surface area contributed by atoms with Gasteiger partial charge < -0.3 is 9.47 Å². The first-order valence-electron chi connectivity index (χ1n) is 11.6. The third kappa shape index (κ3) is 12.6. The van der Waals surface area contributed by atoms with Gasteiger partial charge in [0.15, 0.2) is 5.79 Å². The highest BCUT2D eigenvalue weighted by atomic mass is 16.7. The van der Waals surface area contributed by atoms with Crippen LogP contribution in [0.1, 0.15) is 106 Å². The van der Waals surface area contributed by atoms with E-state index < -0.39 is 0 Å². The standard InChI is InChI=1S/C26H46O2/c1-22(2)12-7-13-23(3)14-8-15-24(4)16-9-17-25(5)18-10-19-26(6)27-20-11-21-28-26/h14,16,18,22H,7-13,15,17,19-21H2,1-6H3. The molecule has 1 aliphatic heterocycles. The van der Waals surface area contributed by atoms with Crippen molar-refractivity contribution >= 4 is 0 Å². The summed E-state index contributed by atoms with van der Waals surface area (Å²) in [6, 6.07) is 0. The Labute approximate surface area is 175 Å². The summed E-state index contributed by atoms with van der Waals surface area (Å²) < 4.78 is 11.6. The molecule has 0 atom stereocenters. The molecule has 1 aliphatic rings. The predicted molar refractivity (Wildman–Crippen MR) is 123 cm³/mol. The number of allylic oxidation sites excluding steroid dienone is 6. The van der Waals surface area contributed by atoms with Crippen LogP contribution >= 0.6 is 0 Å². The van der Waals surface area contributed by atoms with Gasteiger partial charge in [0, 0.05) is 6.42 Å². The van der Waals surface area contributed by atoms with Gasteiger partial charge in [-0.25, -0.2) is 0 Å². The molecule has 0 amide bonds. The monoisotopic (exact) mass is 390 g/mol. The SMILES string of the molecule is CC(=CCCC(C)=CCCC1(C)OCCCO1)CCC=C(C)CCCC(C)C. The Kier molecular flexibility index (Phi) is 12.7. The lowest BCUT2D eigenvalue weighted by atomic mass is 10.0. The molecule has 0 unspecified atom stereocenters. The van der Waals surface area contributed by atoms with Crippen molar-refractivity contribution in [2.45, 2.75) is 112 Å². The van der Waals surface area contributed by atoms with Gasteiger partial charge in [-0.05, 0) is 85.0 Å². The zero-order chi connectivity index (χ0) is 20.8. The molecule has 0 radical (unpaired) electrons. The highest BCUT2D eigenvalue weighted by Crippen LogP contribution is 2.24. The van der Waals surface area contributed by atoms with Crippen LogP contribution < -0.4 is 0 Å². The normalized spacial score (nSPS) is 18.8. The average molecular weight is 391 g/mol. The highest BCUT2D eigenvalue weighted by molar-refractivity contribution is 5.06. The molecule has 0 saturated carbocycles. The van der Waals surface area contributed by atoms with Gasteiger partial charge in [-0.3, -0.25) is 0 Å². The summed E-state index contributed by atoms with van der Waals surface area (Å²) in [6.07, 6.45) is 18.8. The molecular weight excluding hydrogens is 344 g/mol. The number of ether oxygens (including phenoxy) is 2. The molecule has 0 spiro atoms. The fourth-order valence-electron chi connectivity index (χ4n) is 3.59. The summed E-state index contributed by atoms with van der Waals surface area (Å²) >= 11 is 0. The van der Waals surface area contributed by atoms with E-state index in [1.54, 1.807) is 5.57 Å². The van der Waals surface area contributed by atoms with E-state index in [0.717, 1.165) is 51.2 Å². The molecule has 2 nitrogen and oxygen atoms in total. The van der Waals surface area contributed by atoms with Gasteiger partial charge in [0.25, 0.3) is 0 Å². The summed E-state index contributed by atoms with van der Waals surface area (Å²) in [6.45, 7) is 15.2. The Morgan fingerprint density at radius 3 is 1.86 bits per heavy atom. The van der Waals surface area contributed by atoms with Gasteiger partial charge in [0.2, 0.25) is 0 Å². The van der Waals surface area contributed by atoms with Crippen molar-refractivity contribution in [1.29, 1.82) is 0 Å². The second-order valence-corrected chi connectivity index (χ2v) is 9.24. The van der Waals surface area contributed by atoms with Gasteiger partial charge in [0.1, 0.15) is 0 Å². The fourth-order valence-corrected chi connectivity index (χ4v) is 3.59. The maximum atomic E-state index is 5.78. The van der Waals surface area contributed by atoms with Crippen molar-refractivity contribution in [2.24, 2.45) is 5.92 Å². The van der Waals surface area contributed by atoms with Gasteiger partial charge in [0.05, 0.1) is 13.2 Å². The lowest BCUT2D eigenvalue weighted by molar-refractivity contribution is -0.258. The molecule has 1 saturated heterocycles. The van der Waals surface area contributed by atoms with Crippen LogP contribution in [0.3, 0.4) is 0 Å². The smallest absolute Gasteiger partial charge is 0.165 e.